The smallest absolute Gasteiger partial charge is 0.349 e. The number of amides is 2. The lowest BCUT2D eigenvalue weighted by molar-refractivity contribution is 0.171. The van der Waals surface area contributed by atoms with Crippen LogP contribution in [0, 0.1) is 0 Å². The summed E-state index contributed by atoms with van der Waals surface area (Å²) in [6, 6.07) is 7.42. The zero-order valence-corrected chi connectivity index (χ0v) is 15.0. The van der Waals surface area contributed by atoms with Crippen molar-refractivity contribution in [1.82, 2.24) is 34.1 Å². The molecule has 2 amide bonds. The van der Waals surface area contributed by atoms with Gasteiger partial charge in [0.25, 0.3) is 0 Å². The van der Waals surface area contributed by atoms with Gasteiger partial charge in [-0.25, -0.2) is 9.78 Å². The largest absolute Gasteiger partial charge is 0.461 e. The number of rotatable bonds is 2. The van der Waals surface area contributed by atoms with Crippen molar-refractivity contribution in [1.29, 1.82) is 0 Å². The van der Waals surface area contributed by atoms with Gasteiger partial charge in [0.05, 0.1) is 11.6 Å². The van der Waals surface area contributed by atoms with Crippen molar-refractivity contribution in [3.05, 3.63) is 54.5 Å². The predicted octanol–water partition coefficient (Wildman–Crippen LogP) is 1.44. The number of carbonyl (C=O) groups is 1. The van der Waals surface area contributed by atoms with Crippen molar-refractivity contribution in [2.75, 3.05) is 5.32 Å². The third kappa shape index (κ3) is 2.88. The molecule has 5 aromatic rings. The molecule has 29 heavy (non-hydrogen) atoms. The lowest BCUT2D eigenvalue weighted by atomic mass is 10.4. The molecule has 0 atom stereocenters. The number of aryl methyl sites for hydroxylation is 1. The monoisotopic (exact) mass is 391 g/mol. The molecule has 12 nitrogen and oxygen atoms in total. The van der Waals surface area contributed by atoms with E-state index in [1.165, 1.54) is 23.0 Å². The maximum absolute atomic E-state index is 12.4. The Bertz CT molecular complexity index is 1430. The number of urea groups is 1. The molecule has 0 fully saturated rings. The van der Waals surface area contributed by atoms with Crippen LogP contribution in [0.5, 0.6) is 0 Å². The number of anilines is 1. The van der Waals surface area contributed by atoms with Crippen LogP contribution in [0.2, 0.25) is 0 Å². The molecule has 2 N–H and O–H groups in total. The fraction of sp³-hybridized carbons (Fsp3) is 0.0588. The van der Waals surface area contributed by atoms with Crippen LogP contribution in [0.25, 0.3) is 28.3 Å². The number of nitrogens with one attached hydrogen (secondary N) is 1. The molecule has 0 saturated carbocycles. The van der Waals surface area contributed by atoms with Crippen LogP contribution < -0.4 is 10.8 Å². The van der Waals surface area contributed by atoms with Crippen LogP contribution in [-0.4, -0.2) is 45.3 Å². The summed E-state index contributed by atoms with van der Waals surface area (Å²) in [4.78, 5) is 25.1. The van der Waals surface area contributed by atoms with Gasteiger partial charge in [-0.3, -0.25) is 10.00 Å². The number of carbonyl (C=O) groups excluding carboxylic acids is 1. The summed E-state index contributed by atoms with van der Waals surface area (Å²) in [7, 11) is 1.75. The molecule has 0 radical (unpaired) electrons. The van der Waals surface area contributed by atoms with Crippen LogP contribution in [0.1, 0.15) is 0 Å². The second kappa shape index (κ2) is 6.30. The van der Waals surface area contributed by atoms with E-state index in [1.807, 2.05) is 0 Å². The number of hydrogen-bond acceptors (Lipinski definition) is 7. The van der Waals surface area contributed by atoms with Crippen molar-refractivity contribution >= 4 is 28.7 Å². The van der Waals surface area contributed by atoms with Gasteiger partial charge in [-0.15, -0.1) is 5.10 Å². The molecule has 0 unspecified atom stereocenters. The summed E-state index contributed by atoms with van der Waals surface area (Å²) >= 11 is 0. The third-order valence-electron chi connectivity index (χ3n) is 4.06. The van der Waals surface area contributed by atoms with Crippen LogP contribution in [-0.2, 0) is 7.05 Å². The molecule has 5 heterocycles. The van der Waals surface area contributed by atoms with E-state index >= 15 is 0 Å². The normalized spacial score (nSPS) is 12.1. The van der Waals surface area contributed by atoms with Gasteiger partial charge in [0.2, 0.25) is 11.8 Å². The molecule has 5 aromatic heterocycles. The molecule has 0 saturated heterocycles. The molecule has 0 aliphatic rings. The second-order valence-corrected chi connectivity index (χ2v) is 6.07. The molecule has 0 aromatic carbocycles. The molecule has 5 rings (SSSR count). The fourth-order valence-electron chi connectivity index (χ4n) is 2.83. The van der Waals surface area contributed by atoms with Crippen LogP contribution in [0.3, 0.4) is 0 Å². The highest BCUT2D eigenvalue weighted by atomic mass is 16.5. The number of pyridine rings is 1. The summed E-state index contributed by atoms with van der Waals surface area (Å²) in [6.07, 6.45) is 4.63. The Morgan fingerprint density at radius 3 is 2.90 bits per heavy atom. The molecule has 144 valence electrons. The first kappa shape index (κ1) is 16.7. The van der Waals surface area contributed by atoms with E-state index in [1.54, 1.807) is 42.2 Å². The van der Waals surface area contributed by atoms with Crippen molar-refractivity contribution < 1.29 is 14.4 Å². The summed E-state index contributed by atoms with van der Waals surface area (Å²) < 4.78 is 9.07. The highest BCUT2D eigenvalue weighted by molar-refractivity contribution is 5.93. The first-order valence-corrected chi connectivity index (χ1v) is 8.45. The summed E-state index contributed by atoms with van der Waals surface area (Å²) in [5, 5.41) is 21.6. The number of hydrogen-bond donors (Lipinski definition) is 2. The van der Waals surface area contributed by atoms with Crippen LogP contribution >= 0.6 is 0 Å². The number of furan rings is 1. The lowest BCUT2D eigenvalue weighted by Crippen LogP contribution is -2.22. The zero-order chi connectivity index (χ0) is 20.0. The van der Waals surface area contributed by atoms with Crippen molar-refractivity contribution in [2.24, 2.45) is 12.0 Å². The van der Waals surface area contributed by atoms with E-state index in [-0.39, 0.29) is 11.4 Å². The van der Waals surface area contributed by atoms with Crippen molar-refractivity contribution in [3.8, 4) is 11.6 Å². The Kier molecular flexibility index (Phi) is 3.62. The molecule has 0 spiro atoms. The molecule has 0 bridgehead atoms. The van der Waals surface area contributed by atoms with E-state index in [0.717, 1.165) is 4.73 Å². The number of nitrogens with zero attached hydrogens (tertiary/aromatic N) is 8. The zero-order valence-electron chi connectivity index (χ0n) is 15.0. The van der Waals surface area contributed by atoms with Gasteiger partial charge < -0.3 is 9.62 Å². The highest BCUT2D eigenvalue weighted by Crippen LogP contribution is 2.23. The van der Waals surface area contributed by atoms with Gasteiger partial charge in [0.15, 0.2) is 22.5 Å². The second-order valence-electron chi connectivity index (χ2n) is 6.07. The SMILES string of the molecule is Cn1cc2c(nc(NC(=O)/N=c3\ccccn3O)n3nc(-c4ccco4)nc23)n1. The molecule has 0 aliphatic carbocycles. The average molecular weight is 391 g/mol. The first-order chi connectivity index (χ1) is 14.1. The quantitative estimate of drug-likeness (QED) is 0.434. The van der Waals surface area contributed by atoms with E-state index < -0.39 is 6.03 Å². The summed E-state index contributed by atoms with van der Waals surface area (Å²) in [5.74, 6) is 0.876. The van der Waals surface area contributed by atoms with Gasteiger partial charge in [0.1, 0.15) is 0 Å². The van der Waals surface area contributed by atoms with Crippen molar-refractivity contribution in [3.63, 3.8) is 0 Å². The molecular weight excluding hydrogens is 378 g/mol. The van der Waals surface area contributed by atoms with Gasteiger partial charge in [0, 0.05) is 19.4 Å². The Morgan fingerprint density at radius 1 is 1.21 bits per heavy atom. The van der Waals surface area contributed by atoms with E-state index in [4.69, 9.17) is 4.42 Å². The standard InChI is InChI=1S/C17H13N9O3/c1-24-9-10-13(22-24)20-16(21-17(27)18-12-6-2-3-7-25(12)28)26-15(10)19-14(23-26)11-5-4-8-29-11/h2-9,28H,1H3,(H,20,21,22,27)/b18-12+. The van der Waals surface area contributed by atoms with Gasteiger partial charge in [-0.2, -0.15) is 24.3 Å². The topological polar surface area (TPSA) is 141 Å². The summed E-state index contributed by atoms with van der Waals surface area (Å²) in [6.45, 7) is 0. The Morgan fingerprint density at radius 2 is 2.10 bits per heavy atom. The van der Waals surface area contributed by atoms with E-state index in [0.29, 0.717) is 28.3 Å². The van der Waals surface area contributed by atoms with Crippen molar-refractivity contribution in [2.45, 2.75) is 0 Å². The third-order valence-corrected chi connectivity index (χ3v) is 4.06. The first-order valence-electron chi connectivity index (χ1n) is 8.45. The molecule has 0 aliphatic heterocycles. The number of fused-ring (bicyclic) bond motifs is 3. The molecular formula is C17H13N9O3. The minimum absolute atomic E-state index is 0.0509. The Hall–Kier alpha value is -4.48. The lowest BCUT2D eigenvalue weighted by Gasteiger charge is -2.03. The van der Waals surface area contributed by atoms with Gasteiger partial charge >= 0.3 is 6.03 Å². The maximum Gasteiger partial charge on any atom is 0.349 e. The number of aromatic nitrogens is 7. The van der Waals surface area contributed by atoms with E-state index in [2.05, 4.69) is 30.5 Å². The minimum Gasteiger partial charge on any atom is -0.461 e. The minimum atomic E-state index is -0.752. The maximum atomic E-state index is 12.4. The highest BCUT2D eigenvalue weighted by Gasteiger charge is 2.18. The van der Waals surface area contributed by atoms with Crippen LogP contribution in [0.15, 0.2) is 58.4 Å². The van der Waals surface area contributed by atoms with E-state index in [9.17, 15) is 10.0 Å². The Balaban J connectivity index is 1.65. The summed E-state index contributed by atoms with van der Waals surface area (Å²) in [5.41, 5.74) is 0.877. The molecule has 12 heteroatoms. The average Bonchev–Trinajstić information content (AvgIpc) is 3.41. The van der Waals surface area contributed by atoms with Crippen LogP contribution in [0.4, 0.5) is 10.7 Å². The Labute approximate surface area is 161 Å². The fourth-order valence-corrected chi connectivity index (χ4v) is 2.83. The predicted molar refractivity (Wildman–Crippen MR) is 99.0 cm³/mol. The van der Waals surface area contributed by atoms with Gasteiger partial charge in [-0.1, -0.05) is 6.07 Å². The van der Waals surface area contributed by atoms with Gasteiger partial charge in [-0.05, 0) is 24.3 Å².